The van der Waals surface area contributed by atoms with E-state index in [4.69, 9.17) is 88.7 Å². The summed E-state index contributed by atoms with van der Waals surface area (Å²) in [5.41, 5.74) is 7.20. The van der Waals surface area contributed by atoms with Crippen LogP contribution in [-0.2, 0) is 51.2 Å². The Hall–Kier alpha value is -8.58. The van der Waals surface area contributed by atoms with Crippen molar-refractivity contribution >= 4 is 102 Å². The number of thiazole rings is 2. The number of rotatable bonds is 18. The number of ether oxygens (including phenoxy) is 2. The van der Waals surface area contributed by atoms with Gasteiger partial charge in [0.1, 0.15) is 0 Å². The van der Waals surface area contributed by atoms with Crippen LogP contribution in [0.5, 0.6) is 10.4 Å². The van der Waals surface area contributed by atoms with Crippen molar-refractivity contribution in [2.24, 2.45) is 0 Å². The predicted octanol–water partition coefficient (Wildman–Crippen LogP) is 4.51. The number of carbonyl (C=O) groups is 8. The number of piperazine rings is 2. The minimum absolute atomic E-state index is 0. The summed E-state index contributed by atoms with van der Waals surface area (Å²) < 4.78 is 13.4. The van der Waals surface area contributed by atoms with Gasteiger partial charge in [-0.1, -0.05) is 83.3 Å². The summed E-state index contributed by atoms with van der Waals surface area (Å²) in [7, 11) is 0. The molecule has 27 nitrogen and oxygen atoms in total. The lowest BCUT2D eigenvalue weighted by molar-refractivity contribution is -0.159. The molecule has 0 saturated carbocycles. The van der Waals surface area contributed by atoms with Gasteiger partial charge in [0, 0.05) is 102 Å². The molecule has 0 bridgehead atoms. The maximum atomic E-state index is 9.10. The highest BCUT2D eigenvalue weighted by Crippen LogP contribution is 2.31. The number of carboxylic acid groups (broad SMARTS) is 8. The van der Waals surface area contributed by atoms with Crippen molar-refractivity contribution in [3.05, 3.63) is 108 Å². The molecule has 464 valence electrons. The minimum Gasteiger partial charge on any atom is -0.473 e. The molecule has 29 heteroatoms. The fourth-order valence-corrected chi connectivity index (χ4v) is 9.87. The number of aromatic nitrogens is 2. The van der Waals surface area contributed by atoms with Crippen LogP contribution in [0.1, 0.15) is 38.8 Å². The van der Waals surface area contributed by atoms with Crippen molar-refractivity contribution < 1.29 is 94.2 Å². The number of carboxylic acids is 8. The standard InChI is InChI=1S/2C24H32N4OS.4C2H2O4.H2O/c2*1-3-29-24-26-22-10-9-21(17-23(22)30-24)25-19(2)18-28-15-13-27(14-16-28)12-11-20-7-5-4-6-8-20;4*3-1(4)2(5)6;/h2*4-10,17,19,25H,3,11-16,18H2,1-2H3;4*(H,3,4)(H,5,6);1H2. The number of anilines is 2. The topological polar surface area (TPSA) is 411 Å². The molecule has 2 aliphatic rings. The zero-order chi connectivity index (χ0) is 62.1. The molecule has 0 aliphatic carbocycles. The molecule has 0 spiro atoms. The number of fused-ring (bicyclic) bond motifs is 2. The first-order chi connectivity index (χ1) is 40.0. The van der Waals surface area contributed by atoms with Gasteiger partial charge in [-0.05, 0) is 88.1 Å². The van der Waals surface area contributed by atoms with E-state index in [0.717, 1.165) is 124 Å². The number of aliphatic carboxylic acids is 8. The van der Waals surface area contributed by atoms with Crippen LogP contribution in [0.3, 0.4) is 0 Å². The van der Waals surface area contributed by atoms with Crippen LogP contribution in [0.15, 0.2) is 97.1 Å². The van der Waals surface area contributed by atoms with Gasteiger partial charge < -0.3 is 76.2 Å². The van der Waals surface area contributed by atoms with Gasteiger partial charge in [-0.25, -0.2) is 48.3 Å². The lowest BCUT2D eigenvalue weighted by atomic mass is 10.1. The summed E-state index contributed by atoms with van der Waals surface area (Å²) >= 11 is 3.23. The molecule has 2 saturated heterocycles. The molecule has 8 rings (SSSR count). The van der Waals surface area contributed by atoms with Crippen LogP contribution in [0.25, 0.3) is 20.4 Å². The summed E-state index contributed by atoms with van der Waals surface area (Å²) in [5.74, 6) is -14.6. The SMILES string of the molecule is CCOc1nc2ccc(NC(C)CN3CCN(CCc4ccccc4)CC3)cc2s1.CCOc1nc2ccc(NC(C)CN3CCN(CCc4ccccc4)CC3)cc2s1.O.O=C(O)C(=O)O.O=C(O)C(=O)O.O=C(O)C(=O)O.O=C(O)C(=O)O. The summed E-state index contributed by atoms with van der Waals surface area (Å²) in [6.07, 6.45) is 2.29. The average Bonchev–Trinajstić information content (AvgIpc) is 4.08. The fourth-order valence-electron chi connectivity index (χ4n) is 8.05. The number of hydrogen-bond acceptors (Lipinski definition) is 20. The first-order valence-corrected chi connectivity index (χ1v) is 28.0. The zero-order valence-corrected chi connectivity index (χ0v) is 49.0. The third-order valence-corrected chi connectivity index (χ3v) is 13.8. The molecule has 85 heavy (non-hydrogen) atoms. The molecule has 6 aromatic rings. The van der Waals surface area contributed by atoms with Crippen molar-refractivity contribution in [3.8, 4) is 10.4 Å². The van der Waals surface area contributed by atoms with Crippen LogP contribution in [0, 0.1) is 0 Å². The Morgan fingerprint density at radius 1 is 0.459 bits per heavy atom. The molecule has 12 N–H and O–H groups in total. The number of nitrogens with one attached hydrogen (secondary N) is 2. The first kappa shape index (κ1) is 72.5. The molecule has 2 aromatic heterocycles. The second-order valence-electron chi connectivity index (χ2n) is 18.5. The van der Waals surface area contributed by atoms with Crippen LogP contribution in [-0.4, -0.2) is 227 Å². The first-order valence-electron chi connectivity index (χ1n) is 26.4. The van der Waals surface area contributed by atoms with Crippen molar-refractivity contribution in [2.45, 2.75) is 52.6 Å². The van der Waals surface area contributed by atoms with E-state index in [0.29, 0.717) is 25.3 Å². The number of nitrogens with zero attached hydrogens (tertiary/aromatic N) is 6. The molecule has 2 unspecified atom stereocenters. The van der Waals surface area contributed by atoms with E-state index in [9.17, 15) is 0 Å². The Labute approximate surface area is 497 Å². The van der Waals surface area contributed by atoms with Crippen molar-refractivity contribution in [1.29, 1.82) is 0 Å². The van der Waals surface area contributed by atoms with E-state index in [-0.39, 0.29) is 5.48 Å². The number of benzene rings is 4. The van der Waals surface area contributed by atoms with Crippen LogP contribution >= 0.6 is 22.7 Å². The summed E-state index contributed by atoms with van der Waals surface area (Å²) in [6.45, 7) is 23.5. The van der Waals surface area contributed by atoms with Gasteiger partial charge in [0.15, 0.2) is 0 Å². The van der Waals surface area contributed by atoms with E-state index in [1.165, 1.54) is 20.5 Å². The van der Waals surface area contributed by atoms with E-state index in [1.807, 2.05) is 13.8 Å². The maximum Gasteiger partial charge on any atom is 0.414 e. The van der Waals surface area contributed by atoms with Crippen LogP contribution < -0.4 is 20.1 Å². The molecule has 0 amide bonds. The van der Waals surface area contributed by atoms with Gasteiger partial charge in [0.2, 0.25) is 0 Å². The second-order valence-corrected chi connectivity index (χ2v) is 20.5. The van der Waals surface area contributed by atoms with Crippen LogP contribution in [0.2, 0.25) is 0 Å². The molecule has 4 heterocycles. The van der Waals surface area contributed by atoms with Crippen molar-refractivity contribution in [3.63, 3.8) is 0 Å². The van der Waals surface area contributed by atoms with E-state index >= 15 is 0 Å². The van der Waals surface area contributed by atoms with E-state index in [2.05, 4.69) is 151 Å². The molecular weight excluding hydrogens is 1150 g/mol. The molecule has 4 aromatic carbocycles. The third kappa shape index (κ3) is 29.5. The Balaban J connectivity index is 0.000000417. The average molecular weight is 1230 g/mol. The van der Waals surface area contributed by atoms with Crippen LogP contribution in [0.4, 0.5) is 11.4 Å². The van der Waals surface area contributed by atoms with E-state index < -0.39 is 47.8 Å². The lowest BCUT2D eigenvalue weighted by Crippen LogP contribution is -2.49. The zero-order valence-electron chi connectivity index (χ0n) is 47.4. The highest BCUT2D eigenvalue weighted by atomic mass is 32.1. The monoisotopic (exact) mass is 1230 g/mol. The highest BCUT2D eigenvalue weighted by Gasteiger charge is 2.21. The van der Waals surface area contributed by atoms with Gasteiger partial charge in [-0.15, -0.1) is 0 Å². The predicted molar refractivity (Wildman–Crippen MR) is 318 cm³/mol. The molecular formula is C56H74N8O19S2. The molecule has 2 atom stereocenters. The Bertz CT molecular complexity index is 2730. The van der Waals surface area contributed by atoms with Gasteiger partial charge >= 0.3 is 47.8 Å². The molecule has 2 aliphatic heterocycles. The summed E-state index contributed by atoms with van der Waals surface area (Å²) in [6, 6.07) is 35.2. The molecule has 2 fully saturated rings. The normalized spacial score (nSPS) is 13.8. The quantitative estimate of drug-likeness (QED) is 0.0529. The number of hydrogen-bond donors (Lipinski definition) is 10. The smallest absolute Gasteiger partial charge is 0.414 e. The Kier molecular flexibility index (Phi) is 33.3. The Morgan fingerprint density at radius 3 is 1.01 bits per heavy atom. The van der Waals surface area contributed by atoms with Gasteiger partial charge in [0.05, 0.1) is 33.6 Å². The highest BCUT2D eigenvalue weighted by molar-refractivity contribution is 7.20. The summed E-state index contributed by atoms with van der Waals surface area (Å²) in [4.78, 5) is 92.2. The van der Waals surface area contributed by atoms with Gasteiger partial charge in [-0.3, -0.25) is 9.80 Å². The Morgan fingerprint density at radius 2 is 0.741 bits per heavy atom. The largest absolute Gasteiger partial charge is 0.473 e. The lowest BCUT2D eigenvalue weighted by Gasteiger charge is -2.36. The van der Waals surface area contributed by atoms with Crippen molar-refractivity contribution in [2.75, 3.05) is 102 Å². The van der Waals surface area contributed by atoms with Crippen molar-refractivity contribution in [1.82, 2.24) is 29.6 Å². The van der Waals surface area contributed by atoms with Gasteiger partial charge in [0.25, 0.3) is 10.4 Å². The molecule has 0 radical (unpaired) electrons. The second kappa shape index (κ2) is 39.1. The minimum atomic E-state index is -1.82. The third-order valence-electron chi connectivity index (χ3n) is 11.9. The van der Waals surface area contributed by atoms with E-state index in [1.54, 1.807) is 22.7 Å². The summed E-state index contributed by atoms with van der Waals surface area (Å²) in [5, 5.41) is 68.0. The van der Waals surface area contributed by atoms with Gasteiger partial charge in [-0.2, -0.15) is 0 Å². The fraction of sp³-hybridized carbons (Fsp3) is 0.393. The maximum absolute atomic E-state index is 9.10.